The SMILES string of the molecule is C=C(C)c1nn(-c2ccc(OC)cc2)c2c1CCN(c1ccc(/C(=N\S(C)(=O)=O)N3CCCC3)cc1)C2=O. The zero-order chi connectivity index (χ0) is 27.0. The Bertz CT molecular complexity index is 1520. The number of hydrogen-bond donors (Lipinski definition) is 0. The second kappa shape index (κ2) is 10.1. The van der Waals surface area contributed by atoms with Gasteiger partial charge in [-0.1, -0.05) is 6.58 Å². The minimum Gasteiger partial charge on any atom is -0.497 e. The number of nitrogens with zero attached hydrogens (tertiary/aromatic N) is 5. The molecule has 0 atom stereocenters. The van der Waals surface area contributed by atoms with E-state index in [2.05, 4.69) is 11.0 Å². The molecule has 5 rings (SSSR count). The van der Waals surface area contributed by atoms with Gasteiger partial charge < -0.3 is 14.5 Å². The van der Waals surface area contributed by atoms with E-state index in [9.17, 15) is 13.2 Å². The van der Waals surface area contributed by atoms with Crippen LogP contribution in [0.2, 0.25) is 0 Å². The summed E-state index contributed by atoms with van der Waals surface area (Å²) < 4.78 is 35.0. The second-order valence-electron chi connectivity index (χ2n) is 9.66. The van der Waals surface area contributed by atoms with Gasteiger partial charge in [0.2, 0.25) is 0 Å². The smallest absolute Gasteiger partial charge is 0.277 e. The van der Waals surface area contributed by atoms with Crippen LogP contribution in [-0.2, 0) is 16.4 Å². The highest BCUT2D eigenvalue weighted by Crippen LogP contribution is 2.32. The van der Waals surface area contributed by atoms with Crippen LogP contribution in [0.3, 0.4) is 0 Å². The first-order valence-corrected chi connectivity index (χ1v) is 14.4. The molecule has 10 heteroatoms. The Morgan fingerprint density at radius 3 is 2.21 bits per heavy atom. The lowest BCUT2D eigenvalue weighted by atomic mass is 10.00. The Morgan fingerprint density at radius 1 is 1.00 bits per heavy atom. The summed E-state index contributed by atoms with van der Waals surface area (Å²) >= 11 is 0. The molecule has 0 saturated carbocycles. The van der Waals surface area contributed by atoms with E-state index in [1.54, 1.807) is 16.7 Å². The van der Waals surface area contributed by atoms with Crippen LogP contribution in [0.4, 0.5) is 5.69 Å². The van der Waals surface area contributed by atoms with Crippen molar-refractivity contribution in [2.75, 3.05) is 37.9 Å². The molecule has 1 amide bonds. The fourth-order valence-electron chi connectivity index (χ4n) is 5.03. The number of sulfonamides is 1. The molecule has 0 spiro atoms. The maximum Gasteiger partial charge on any atom is 0.277 e. The van der Waals surface area contributed by atoms with Crippen LogP contribution in [0.1, 0.15) is 47.1 Å². The molecule has 9 nitrogen and oxygen atoms in total. The van der Waals surface area contributed by atoms with E-state index < -0.39 is 10.0 Å². The number of amidine groups is 1. The van der Waals surface area contributed by atoms with Crippen LogP contribution in [-0.4, -0.2) is 67.8 Å². The number of benzene rings is 2. The van der Waals surface area contributed by atoms with E-state index >= 15 is 0 Å². The molecule has 0 bridgehead atoms. The van der Waals surface area contributed by atoms with Gasteiger partial charge in [-0.3, -0.25) is 4.79 Å². The highest BCUT2D eigenvalue weighted by atomic mass is 32.2. The highest BCUT2D eigenvalue weighted by molar-refractivity contribution is 7.89. The summed E-state index contributed by atoms with van der Waals surface area (Å²) in [5.41, 5.74) is 5.14. The first-order valence-electron chi connectivity index (χ1n) is 12.6. The number of ether oxygens (including phenoxy) is 1. The monoisotopic (exact) mass is 533 g/mol. The van der Waals surface area contributed by atoms with Crippen molar-refractivity contribution in [1.82, 2.24) is 14.7 Å². The molecular weight excluding hydrogens is 502 g/mol. The quantitative estimate of drug-likeness (QED) is 0.352. The Balaban J connectivity index is 1.50. The molecule has 198 valence electrons. The maximum absolute atomic E-state index is 13.9. The van der Waals surface area contributed by atoms with E-state index in [1.165, 1.54) is 0 Å². The lowest BCUT2D eigenvalue weighted by molar-refractivity contribution is 0.0973. The van der Waals surface area contributed by atoms with E-state index in [0.717, 1.165) is 66.1 Å². The Kier molecular flexibility index (Phi) is 6.83. The summed E-state index contributed by atoms with van der Waals surface area (Å²) in [6.45, 7) is 8.00. The minimum absolute atomic E-state index is 0.153. The number of aromatic nitrogens is 2. The number of carbonyl (C=O) groups is 1. The highest BCUT2D eigenvalue weighted by Gasteiger charge is 2.33. The van der Waals surface area contributed by atoms with E-state index in [0.29, 0.717) is 30.1 Å². The number of carbonyl (C=O) groups excluding carboxylic acids is 1. The molecule has 0 radical (unpaired) electrons. The zero-order valence-electron chi connectivity index (χ0n) is 21.8. The number of fused-ring (bicyclic) bond motifs is 1. The molecule has 2 aliphatic rings. The molecule has 3 aromatic rings. The molecule has 1 saturated heterocycles. The fourth-order valence-corrected chi connectivity index (χ4v) is 5.56. The van der Waals surface area contributed by atoms with E-state index in [-0.39, 0.29) is 5.91 Å². The second-order valence-corrected chi connectivity index (χ2v) is 11.3. The molecule has 1 aromatic heterocycles. The number of methoxy groups -OCH3 is 1. The molecular formula is C28H31N5O4S. The first kappa shape index (κ1) is 25.7. The standard InChI is InChI=1S/C28H31N5O4S/c1-19(2)25-24-15-18-32(28(34)26(24)33(29-25)22-11-13-23(37-3)14-12-22)21-9-7-20(8-10-21)27(30-38(4,35)36)31-16-5-6-17-31/h7-14H,1,5-6,15-18H2,2-4H3/b30-27+. The van der Waals surface area contributed by atoms with Gasteiger partial charge in [0.05, 0.1) is 24.7 Å². The lowest BCUT2D eigenvalue weighted by Gasteiger charge is -2.28. The third-order valence-electron chi connectivity index (χ3n) is 6.83. The molecule has 0 N–H and O–H groups in total. The number of allylic oxidation sites excluding steroid dienone is 1. The van der Waals surface area contributed by atoms with Crippen LogP contribution in [0, 0.1) is 0 Å². The summed E-state index contributed by atoms with van der Waals surface area (Å²) in [7, 11) is -1.96. The Labute approximate surface area is 223 Å². The fraction of sp³-hybridized carbons (Fsp3) is 0.321. The van der Waals surface area contributed by atoms with Crippen LogP contribution in [0.5, 0.6) is 5.75 Å². The Hall–Kier alpha value is -3.92. The number of hydrogen-bond acceptors (Lipinski definition) is 5. The number of rotatable bonds is 6. The van der Waals surface area contributed by atoms with Gasteiger partial charge in [-0.25, -0.2) is 13.1 Å². The summed E-state index contributed by atoms with van der Waals surface area (Å²) in [6, 6.07) is 14.8. The van der Waals surface area contributed by atoms with Gasteiger partial charge in [-0.15, -0.1) is 4.40 Å². The van der Waals surface area contributed by atoms with Crippen molar-refractivity contribution in [2.45, 2.75) is 26.2 Å². The van der Waals surface area contributed by atoms with Gasteiger partial charge in [0.25, 0.3) is 15.9 Å². The molecule has 2 aromatic carbocycles. The van der Waals surface area contributed by atoms with Crippen molar-refractivity contribution < 1.29 is 17.9 Å². The average molecular weight is 534 g/mol. The van der Waals surface area contributed by atoms with Crippen LogP contribution < -0.4 is 9.64 Å². The predicted molar refractivity (Wildman–Crippen MR) is 149 cm³/mol. The topological polar surface area (TPSA) is 97.1 Å². The number of anilines is 1. The lowest BCUT2D eigenvalue weighted by Crippen LogP contribution is -2.39. The third-order valence-corrected chi connectivity index (χ3v) is 7.34. The minimum atomic E-state index is -3.57. The largest absolute Gasteiger partial charge is 0.497 e. The normalized spacial score (nSPS) is 16.1. The van der Waals surface area contributed by atoms with Crippen LogP contribution in [0.25, 0.3) is 11.3 Å². The van der Waals surface area contributed by atoms with Crippen molar-refractivity contribution in [3.8, 4) is 11.4 Å². The van der Waals surface area contributed by atoms with Gasteiger partial charge in [0.1, 0.15) is 17.3 Å². The van der Waals surface area contributed by atoms with Crippen molar-refractivity contribution in [3.63, 3.8) is 0 Å². The maximum atomic E-state index is 13.9. The molecule has 3 heterocycles. The van der Waals surface area contributed by atoms with Gasteiger partial charge in [-0.05, 0) is 80.3 Å². The predicted octanol–water partition coefficient (Wildman–Crippen LogP) is 3.92. The van der Waals surface area contributed by atoms with Crippen LogP contribution >= 0.6 is 0 Å². The molecule has 1 fully saturated rings. The first-order chi connectivity index (χ1) is 18.2. The number of amides is 1. The summed E-state index contributed by atoms with van der Waals surface area (Å²) in [5, 5.41) is 4.76. The molecule has 0 aliphatic carbocycles. The van der Waals surface area contributed by atoms with Gasteiger partial charge >= 0.3 is 0 Å². The van der Waals surface area contributed by atoms with Gasteiger partial charge in [0.15, 0.2) is 0 Å². The van der Waals surface area contributed by atoms with Crippen molar-refractivity contribution in [1.29, 1.82) is 0 Å². The van der Waals surface area contributed by atoms with E-state index in [4.69, 9.17) is 9.84 Å². The summed E-state index contributed by atoms with van der Waals surface area (Å²) in [5.74, 6) is 1.02. The van der Waals surface area contributed by atoms with Crippen molar-refractivity contribution >= 4 is 33.0 Å². The summed E-state index contributed by atoms with van der Waals surface area (Å²) in [4.78, 5) is 17.6. The van der Waals surface area contributed by atoms with Crippen LogP contribution in [0.15, 0.2) is 59.5 Å². The average Bonchev–Trinajstić information content (AvgIpc) is 3.56. The third kappa shape index (κ3) is 4.96. The molecule has 0 unspecified atom stereocenters. The van der Waals surface area contributed by atoms with E-state index in [1.807, 2.05) is 60.4 Å². The molecule has 2 aliphatic heterocycles. The zero-order valence-corrected chi connectivity index (χ0v) is 22.7. The van der Waals surface area contributed by atoms with Crippen molar-refractivity contribution in [2.24, 2.45) is 4.40 Å². The summed E-state index contributed by atoms with van der Waals surface area (Å²) in [6.07, 6.45) is 3.74. The molecule has 38 heavy (non-hydrogen) atoms. The van der Waals surface area contributed by atoms with Gasteiger partial charge in [-0.2, -0.15) is 5.10 Å². The van der Waals surface area contributed by atoms with Crippen molar-refractivity contribution in [3.05, 3.63) is 77.6 Å². The Morgan fingerprint density at radius 2 is 1.63 bits per heavy atom. The number of likely N-dealkylation sites (tertiary alicyclic amines) is 1. The van der Waals surface area contributed by atoms with Gasteiger partial charge in [0, 0.05) is 36.4 Å².